The summed E-state index contributed by atoms with van der Waals surface area (Å²) in [6.45, 7) is 2.17. The zero-order chi connectivity index (χ0) is 17.9. The van der Waals surface area contributed by atoms with Crippen molar-refractivity contribution in [3.05, 3.63) is 71.9 Å². The van der Waals surface area contributed by atoms with Crippen LogP contribution in [0, 0.1) is 0 Å². The van der Waals surface area contributed by atoms with E-state index in [4.69, 9.17) is 9.47 Å². The minimum atomic E-state index is -0.164. The normalized spacial score (nSPS) is 13.9. The fraction of sp³-hybridized carbons (Fsp3) is 0.143. The first-order valence-corrected chi connectivity index (χ1v) is 8.42. The lowest BCUT2D eigenvalue weighted by molar-refractivity contribution is -0.117. The number of para-hydroxylation sites is 1. The van der Waals surface area contributed by atoms with E-state index >= 15 is 0 Å². The number of nitrogens with one attached hydrogen (secondary N) is 1. The van der Waals surface area contributed by atoms with Gasteiger partial charge >= 0.3 is 0 Å². The molecule has 26 heavy (non-hydrogen) atoms. The molecule has 2 aromatic carbocycles. The van der Waals surface area contributed by atoms with Crippen LogP contribution >= 0.6 is 0 Å². The predicted octanol–water partition coefficient (Wildman–Crippen LogP) is 3.85. The summed E-state index contributed by atoms with van der Waals surface area (Å²) in [6, 6.07) is 15.3. The molecule has 1 aliphatic rings. The van der Waals surface area contributed by atoms with Crippen LogP contribution in [0.4, 0.5) is 0 Å². The molecule has 0 radical (unpaired) electrons. The van der Waals surface area contributed by atoms with Crippen LogP contribution in [0.15, 0.2) is 60.8 Å². The van der Waals surface area contributed by atoms with Crippen molar-refractivity contribution >= 4 is 22.9 Å². The number of hydrogen-bond donors (Lipinski definition) is 1. The van der Waals surface area contributed by atoms with Crippen molar-refractivity contribution in [1.29, 1.82) is 0 Å². The molecular weight excluding hydrogens is 328 g/mol. The van der Waals surface area contributed by atoms with Gasteiger partial charge in [0.2, 0.25) is 12.7 Å². The molecule has 0 saturated carbocycles. The third-order valence-corrected chi connectivity index (χ3v) is 4.33. The minimum Gasteiger partial charge on any atom is -0.454 e. The number of nitrogens with zero attached hydrogens (tertiary/aromatic N) is 1. The second kappa shape index (κ2) is 6.88. The largest absolute Gasteiger partial charge is 0.454 e. The van der Waals surface area contributed by atoms with Crippen LogP contribution in [0.25, 0.3) is 17.0 Å². The monoisotopic (exact) mass is 346 g/mol. The van der Waals surface area contributed by atoms with Crippen LogP contribution in [0.2, 0.25) is 0 Å². The summed E-state index contributed by atoms with van der Waals surface area (Å²) < 4.78 is 10.7. The summed E-state index contributed by atoms with van der Waals surface area (Å²) in [6.07, 6.45) is 5.07. The number of carbonyl (C=O) groups is 1. The van der Waals surface area contributed by atoms with Crippen molar-refractivity contribution in [3.8, 4) is 11.5 Å². The van der Waals surface area contributed by atoms with Gasteiger partial charge in [-0.25, -0.2) is 0 Å². The smallest absolute Gasteiger partial charge is 0.244 e. The van der Waals surface area contributed by atoms with E-state index in [1.807, 2.05) is 55.5 Å². The van der Waals surface area contributed by atoms with Crippen LogP contribution < -0.4 is 14.8 Å². The van der Waals surface area contributed by atoms with E-state index < -0.39 is 0 Å². The Morgan fingerprint density at radius 2 is 2.00 bits per heavy atom. The first-order valence-electron chi connectivity index (χ1n) is 8.42. The highest BCUT2D eigenvalue weighted by molar-refractivity contribution is 5.95. The lowest BCUT2D eigenvalue weighted by Crippen LogP contribution is -2.24. The number of benzene rings is 2. The third-order valence-electron chi connectivity index (χ3n) is 4.33. The second-order valence-electron chi connectivity index (χ2n) is 6.10. The van der Waals surface area contributed by atoms with E-state index in [9.17, 15) is 4.79 Å². The van der Waals surface area contributed by atoms with E-state index in [1.165, 1.54) is 6.08 Å². The minimum absolute atomic E-state index is 0.146. The quantitative estimate of drug-likeness (QED) is 0.729. The molecule has 0 fully saturated rings. The second-order valence-corrected chi connectivity index (χ2v) is 6.10. The van der Waals surface area contributed by atoms with E-state index in [1.54, 1.807) is 12.3 Å². The fourth-order valence-corrected chi connectivity index (χ4v) is 2.96. The Labute approximate surface area is 151 Å². The molecule has 5 heteroatoms. The summed E-state index contributed by atoms with van der Waals surface area (Å²) in [7, 11) is 0. The molecule has 2 heterocycles. The Balaban J connectivity index is 1.47. The average molecular weight is 346 g/mol. The van der Waals surface area contributed by atoms with Gasteiger partial charge in [0.1, 0.15) is 0 Å². The van der Waals surface area contributed by atoms with Gasteiger partial charge in [-0.3, -0.25) is 9.78 Å². The third kappa shape index (κ3) is 3.24. The van der Waals surface area contributed by atoms with Crippen molar-refractivity contribution in [1.82, 2.24) is 10.3 Å². The van der Waals surface area contributed by atoms with E-state index in [0.717, 1.165) is 27.8 Å². The fourth-order valence-electron chi connectivity index (χ4n) is 2.96. The number of amides is 1. The maximum absolute atomic E-state index is 12.3. The molecule has 1 atom stereocenters. The van der Waals surface area contributed by atoms with Gasteiger partial charge < -0.3 is 14.8 Å². The van der Waals surface area contributed by atoms with E-state index in [-0.39, 0.29) is 18.7 Å². The van der Waals surface area contributed by atoms with Gasteiger partial charge in [0, 0.05) is 23.2 Å². The number of aromatic nitrogens is 1. The first-order chi connectivity index (χ1) is 12.7. The van der Waals surface area contributed by atoms with Crippen molar-refractivity contribution < 1.29 is 14.3 Å². The van der Waals surface area contributed by atoms with Gasteiger partial charge in [-0.2, -0.15) is 0 Å². The van der Waals surface area contributed by atoms with E-state index in [2.05, 4.69) is 10.3 Å². The maximum atomic E-state index is 12.3. The van der Waals surface area contributed by atoms with Gasteiger partial charge in [-0.05, 0) is 36.8 Å². The molecule has 1 unspecified atom stereocenters. The number of ether oxygens (including phenoxy) is 2. The zero-order valence-electron chi connectivity index (χ0n) is 14.3. The molecule has 1 N–H and O–H groups in total. The summed E-state index contributed by atoms with van der Waals surface area (Å²) in [5, 5.41) is 4.01. The molecule has 130 valence electrons. The van der Waals surface area contributed by atoms with Gasteiger partial charge in [0.15, 0.2) is 11.5 Å². The Bertz CT molecular complexity index is 992. The summed E-state index contributed by atoms with van der Waals surface area (Å²) in [5.41, 5.74) is 2.75. The molecule has 0 spiro atoms. The van der Waals surface area contributed by atoms with Crippen LogP contribution in [0.3, 0.4) is 0 Å². The van der Waals surface area contributed by atoms with Crippen LogP contribution in [-0.4, -0.2) is 17.7 Å². The molecule has 1 aromatic heterocycles. The lowest BCUT2D eigenvalue weighted by atomic mass is 10.1. The van der Waals surface area contributed by atoms with Crippen molar-refractivity contribution in [2.75, 3.05) is 6.79 Å². The molecule has 1 amide bonds. The lowest BCUT2D eigenvalue weighted by Gasteiger charge is -2.13. The highest BCUT2D eigenvalue weighted by Gasteiger charge is 2.16. The van der Waals surface area contributed by atoms with Crippen molar-refractivity contribution in [3.63, 3.8) is 0 Å². The van der Waals surface area contributed by atoms with Gasteiger partial charge in [0.05, 0.1) is 11.6 Å². The summed E-state index contributed by atoms with van der Waals surface area (Å²) in [4.78, 5) is 16.7. The molecular formula is C21H18N2O3. The van der Waals surface area contributed by atoms with Gasteiger partial charge in [-0.1, -0.05) is 30.3 Å². The number of hydrogen-bond acceptors (Lipinski definition) is 4. The van der Waals surface area contributed by atoms with Gasteiger partial charge in [0.25, 0.3) is 0 Å². The van der Waals surface area contributed by atoms with Crippen LogP contribution in [0.1, 0.15) is 24.1 Å². The zero-order valence-corrected chi connectivity index (χ0v) is 14.3. The first kappa shape index (κ1) is 16.1. The van der Waals surface area contributed by atoms with Crippen molar-refractivity contribution in [2.24, 2.45) is 0 Å². The molecule has 0 saturated heterocycles. The standard InChI is InChI=1S/C21H18N2O3/c1-14(17-7-9-18-19(12-17)26-13-25-18)23-20(24)10-8-16-5-2-4-15-6-3-11-22-21(15)16/h2-12,14H,13H2,1H3,(H,23,24)/b10-8+. The molecule has 0 aliphatic carbocycles. The Hall–Kier alpha value is -3.34. The summed E-state index contributed by atoms with van der Waals surface area (Å²) >= 11 is 0. The SMILES string of the molecule is CC(NC(=O)/C=C/c1cccc2cccnc12)c1ccc2c(c1)OCO2. The number of pyridine rings is 1. The molecule has 0 bridgehead atoms. The molecule has 5 nitrogen and oxygen atoms in total. The number of fused-ring (bicyclic) bond motifs is 2. The number of carbonyl (C=O) groups excluding carboxylic acids is 1. The van der Waals surface area contributed by atoms with Crippen molar-refractivity contribution in [2.45, 2.75) is 13.0 Å². The number of rotatable bonds is 4. The predicted molar refractivity (Wildman–Crippen MR) is 99.9 cm³/mol. The van der Waals surface area contributed by atoms with E-state index in [0.29, 0.717) is 5.75 Å². The Kier molecular flexibility index (Phi) is 4.27. The van der Waals surface area contributed by atoms with Crippen LogP contribution in [0.5, 0.6) is 11.5 Å². The molecule has 4 rings (SSSR count). The van der Waals surface area contributed by atoms with Crippen LogP contribution in [-0.2, 0) is 4.79 Å². The molecule has 1 aliphatic heterocycles. The average Bonchev–Trinajstić information content (AvgIpc) is 3.14. The highest BCUT2D eigenvalue weighted by Crippen LogP contribution is 2.34. The Morgan fingerprint density at radius 1 is 1.15 bits per heavy atom. The van der Waals surface area contributed by atoms with Gasteiger partial charge in [-0.15, -0.1) is 0 Å². The highest BCUT2D eigenvalue weighted by atomic mass is 16.7. The maximum Gasteiger partial charge on any atom is 0.244 e. The molecule has 3 aromatic rings. The Morgan fingerprint density at radius 3 is 2.92 bits per heavy atom. The summed E-state index contributed by atoms with van der Waals surface area (Å²) in [5.74, 6) is 1.28. The topological polar surface area (TPSA) is 60.5 Å².